The molecule has 0 N–H and O–H groups in total. The maximum absolute atomic E-state index is 11.9. The lowest BCUT2D eigenvalue weighted by Crippen LogP contribution is -2.10. The second-order valence-electron chi connectivity index (χ2n) is 4.45. The maximum atomic E-state index is 11.9. The summed E-state index contributed by atoms with van der Waals surface area (Å²) in [6.45, 7) is 0.791. The van der Waals surface area contributed by atoms with E-state index in [9.17, 15) is 4.79 Å². The SMILES string of the molecule is CN(/C=C\C(=O)c1ccccc1)Cc1ccccc1. The molecule has 0 saturated heterocycles. The molecule has 0 heterocycles. The van der Waals surface area contributed by atoms with E-state index in [0.717, 1.165) is 6.54 Å². The zero-order valence-corrected chi connectivity index (χ0v) is 11.0. The van der Waals surface area contributed by atoms with Crippen LogP contribution in [-0.4, -0.2) is 17.7 Å². The van der Waals surface area contributed by atoms with Gasteiger partial charge in [-0.3, -0.25) is 4.79 Å². The quantitative estimate of drug-likeness (QED) is 0.598. The fraction of sp³-hybridized carbons (Fsp3) is 0.118. The van der Waals surface area contributed by atoms with Gasteiger partial charge >= 0.3 is 0 Å². The Kier molecular flexibility index (Phi) is 4.51. The van der Waals surface area contributed by atoms with Gasteiger partial charge in [-0.25, -0.2) is 0 Å². The Morgan fingerprint density at radius 1 is 1.00 bits per heavy atom. The monoisotopic (exact) mass is 251 g/mol. The molecule has 0 unspecified atom stereocenters. The summed E-state index contributed by atoms with van der Waals surface area (Å²) in [5.41, 5.74) is 1.94. The highest BCUT2D eigenvalue weighted by Crippen LogP contribution is 2.04. The number of carbonyl (C=O) groups excluding carboxylic acids is 1. The summed E-state index contributed by atoms with van der Waals surface area (Å²) in [6, 6.07) is 19.5. The van der Waals surface area contributed by atoms with Crippen molar-refractivity contribution in [2.75, 3.05) is 7.05 Å². The Hall–Kier alpha value is -2.35. The number of hydrogen-bond acceptors (Lipinski definition) is 2. The minimum absolute atomic E-state index is 0.0283. The molecule has 0 aliphatic heterocycles. The van der Waals surface area contributed by atoms with Crippen molar-refractivity contribution >= 4 is 5.78 Å². The van der Waals surface area contributed by atoms with Crippen LogP contribution in [0.2, 0.25) is 0 Å². The molecule has 0 amide bonds. The number of allylic oxidation sites excluding steroid dienone is 1. The molecule has 0 aliphatic carbocycles. The van der Waals surface area contributed by atoms with Gasteiger partial charge in [-0.15, -0.1) is 0 Å². The Morgan fingerprint density at radius 2 is 1.58 bits per heavy atom. The van der Waals surface area contributed by atoms with Gasteiger partial charge in [-0.2, -0.15) is 0 Å². The van der Waals surface area contributed by atoms with Gasteiger partial charge in [0.1, 0.15) is 0 Å². The smallest absolute Gasteiger partial charge is 0.187 e. The summed E-state index contributed by atoms with van der Waals surface area (Å²) in [6.07, 6.45) is 3.43. The first-order valence-electron chi connectivity index (χ1n) is 6.27. The number of nitrogens with zero attached hydrogens (tertiary/aromatic N) is 1. The zero-order chi connectivity index (χ0) is 13.5. The van der Waals surface area contributed by atoms with Crippen LogP contribution in [0.15, 0.2) is 72.9 Å². The first-order chi connectivity index (χ1) is 9.25. The van der Waals surface area contributed by atoms with Gasteiger partial charge < -0.3 is 4.90 Å². The highest BCUT2D eigenvalue weighted by Gasteiger charge is 2.00. The molecule has 96 valence electrons. The standard InChI is InChI=1S/C17H17NO/c1-18(14-15-8-4-2-5-9-15)13-12-17(19)16-10-6-3-7-11-16/h2-13H,14H2,1H3/b13-12-. The van der Waals surface area contributed by atoms with Crippen molar-refractivity contribution in [2.24, 2.45) is 0 Å². The molecule has 19 heavy (non-hydrogen) atoms. The van der Waals surface area contributed by atoms with Gasteiger partial charge in [0.2, 0.25) is 0 Å². The van der Waals surface area contributed by atoms with Crippen LogP contribution in [0.5, 0.6) is 0 Å². The molecule has 0 spiro atoms. The lowest BCUT2D eigenvalue weighted by molar-refractivity contribution is 0.104. The predicted octanol–water partition coefficient (Wildman–Crippen LogP) is 3.52. The van der Waals surface area contributed by atoms with Gasteiger partial charge in [-0.05, 0) is 5.56 Å². The van der Waals surface area contributed by atoms with Crippen LogP contribution in [0.25, 0.3) is 0 Å². The molecule has 2 aromatic carbocycles. The lowest BCUT2D eigenvalue weighted by atomic mass is 10.1. The minimum atomic E-state index is 0.0283. The molecular weight excluding hydrogens is 234 g/mol. The average molecular weight is 251 g/mol. The summed E-state index contributed by atoms with van der Waals surface area (Å²) in [5.74, 6) is 0.0283. The Labute approximate surface area is 114 Å². The first-order valence-corrected chi connectivity index (χ1v) is 6.27. The van der Waals surface area contributed by atoms with Gasteiger partial charge in [0, 0.05) is 31.4 Å². The third kappa shape index (κ3) is 4.11. The van der Waals surface area contributed by atoms with E-state index < -0.39 is 0 Å². The predicted molar refractivity (Wildman–Crippen MR) is 77.8 cm³/mol. The van der Waals surface area contributed by atoms with Crippen molar-refractivity contribution in [1.82, 2.24) is 4.90 Å². The second kappa shape index (κ2) is 6.55. The minimum Gasteiger partial charge on any atom is -0.376 e. The van der Waals surface area contributed by atoms with Crippen molar-refractivity contribution in [1.29, 1.82) is 0 Å². The highest BCUT2D eigenvalue weighted by molar-refractivity contribution is 6.04. The van der Waals surface area contributed by atoms with E-state index in [4.69, 9.17) is 0 Å². The molecule has 0 radical (unpaired) electrons. The normalized spacial score (nSPS) is 10.6. The maximum Gasteiger partial charge on any atom is 0.187 e. The largest absolute Gasteiger partial charge is 0.376 e. The number of rotatable bonds is 5. The fourth-order valence-corrected chi connectivity index (χ4v) is 1.82. The summed E-state index contributed by atoms with van der Waals surface area (Å²) in [4.78, 5) is 13.9. The van der Waals surface area contributed by atoms with Crippen molar-refractivity contribution in [2.45, 2.75) is 6.54 Å². The van der Waals surface area contributed by atoms with Crippen molar-refractivity contribution < 1.29 is 4.79 Å². The van der Waals surface area contributed by atoms with Crippen LogP contribution in [0, 0.1) is 0 Å². The van der Waals surface area contributed by atoms with Crippen LogP contribution < -0.4 is 0 Å². The lowest BCUT2D eigenvalue weighted by Gasteiger charge is -2.13. The van der Waals surface area contributed by atoms with Crippen LogP contribution in [0.1, 0.15) is 15.9 Å². The zero-order valence-electron chi connectivity index (χ0n) is 11.0. The number of benzene rings is 2. The molecule has 2 aromatic rings. The number of hydrogen-bond donors (Lipinski definition) is 0. The van der Waals surface area contributed by atoms with Crippen molar-refractivity contribution in [3.8, 4) is 0 Å². The van der Waals surface area contributed by atoms with E-state index in [-0.39, 0.29) is 5.78 Å². The molecule has 2 heteroatoms. The molecular formula is C17H17NO. The third-order valence-corrected chi connectivity index (χ3v) is 2.81. The molecule has 0 atom stereocenters. The Morgan fingerprint density at radius 3 is 2.21 bits per heavy atom. The van der Waals surface area contributed by atoms with E-state index in [1.54, 1.807) is 6.08 Å². The van der Waals surface area contributed by atoms with Crippen LogP contribution >= 0.6 is 0 Å². The summed E-state index contributed by atoms with van der Waals surface area (Å²) in [5, 5.41) is 0. The molecule has 0 aromatic heterocycles. The number of carbonyl (C=O) groups is 1. The first kappa shape index (κ1) is 13.1. The average Bonchev–Trinajstić information content (AvgIpc) is 2.47. The fourth-order valence-electron chi connectivity index (χ4n) is 1.82. The van der Waals surface area contributed by atoms with Crippen LogP contribution in [0.4, 0.5) is 0 Å². The Balaban J connectivity index is 1.94. The molecule has 0 bridgehead atoms. The van der Waals surface area contributed by atoms with Gasteiger partial charge in [0.25, 0.3) is 0 Å². The van der Waals surface area contributed by atoms with Crippen LogP contribution in [-0.2, 0) is 6.54 Å². The summed E-state index contributed by atoms with van der Waals surface area (Å²) >= 11 is 0. The number of ketones is 1. The van der Waals surface area contributed by atoms with E-state index >= 15 is 0 Å². The van der Waals surface area contributed by atoms with E-state index in [0.29, 0.717) is 5.56 Å². The van der Waals surface area contributed by atoms with Crippen LogP contribution in [0.3, 0.4) is 0 Å². The van der Waals surface area contributed by atoms with Crippen molar-refractivity contribution in [3.63, 3.8) is 0 Å². The highest BCUT2D eigenvalue weighted by atomic mass is 16.1. The molecule has 0 aliphatic rings. The molecule has 2 rings (SSSR count). The Bertz CT molecular complexity index is 546. The second-order valence-corrected chi connectivity index (χ2v) is 4.45. The topological polar surface area (TPSA) is 20.3 Å². The molecule has 0 saturated carbocycles. The van der Waals surface area contributed by atoms with Gasteiger partial charge in [0.15, 0.2) is 5.78 Å². The summed E-state index contributed by atoms with van der Waals surface area (Å²) in [7, 11) is 1.96. The van der Waals surface area contributed by atoms with E-state index in [1.165, 1.54) is 5.56 Å². The van der Waals surface area contributed by atoms with Crippen molar-refractivity contribution in [3.05, 3.63) is 84.1 Å². The third-order valence-electron chi connectivity index (χ3n) is 2.81. The van der Waals surface area contributed by atoms with Gasteiger partial charge in [0.05, 0.1) is 0 Å². The summed E-state index contributed by atoms with van der Waals surface area (Å²) < 4.78 is 0. The molecule has 0 fully saturated rings. The van der Waals surface area contributed by atoms with E-state index in [2.05, 4.69) is 12.1 Å². The molecule has 2 nitrogen and oxygen atoms in total. The van der Waals surface area contributed by atoms with Gasteiger partial charge in [-0.1, -0.05) is 60.7 Å². The van der Waals surface area contributed by atoms with E-state index in [1.807, 2.05) is 66.7 Å².